The molecule has 0 saturated heterocycles. The second kappa shape index (κ2) is 7.97. The van der Waals surface area contributed by atoms with Crippen molar-refractivity contribution in [2.24, 2.45) is 0 Å². The zero-order valence-corrected chi connectivity index (χ0v) is 11.3. The average Bonchev–Trinajstić information content (AvgIpc) is 2.35. The third-order valence-corrected chi connectivity index (χ3v) is 2.42. The Morgan fingerprint density at radius 3 is 2.89 bits per heavy atom. The van der Waals surface area contributed by atoms with Gasteiger partial charge in [0.15, 0.2) is 0 Å². The summed E-state index contributed by atoms with van der Waals surface area (Å²) in [5.41, 5.74) is 0.640. The molecule has 1 rings (SSSR count). The van der Waals surface area contributed by atoms with Crippen LogP contribution in [0.15, 0.2) is 18.2 Å². The van der Waals surface area contributed by atoms with Crippen LogP contribution in [-0.4, -0.2) is 25.7 Å². The minimum Gasteiger partial charge on any atom is -0.489 e. The van der Waals surface area contributed by atoms with Crippen LogP contribution in [0, 0.1) is 17.7 Å². The normalized spacial score (nSPS) is 11.6. The van der Waals surface area contributed by atoms with Gasteiger partial charge in [0.05, 0.1) is 17.5 Å². The number of ether oxygens (including phenoxy) is 2. The molecule has 0 amide bonds. The molecule has 0 spiro atoms. The molecule has 4 heteroatoms. The van der Waals surface area contributed by atoms with Gasteiger partial charge in [-0.25, -0.2) is 4.39 Å². The van der Waals surface area contributed by atoms with Gasteiger partial charge < -0.3 is 9.47 Å². The van der Waals surface area contributed by atoms with Gasteiger partial charge in [0.25, 0.3) is 0 Å². The van der Waals surface area contributed by atoms with Crippen molar-refractivity contribution in [2.45, 2.75) is 19.4 Å². The molecule has 0 N–H and O–H groups in total. The minimum absolute atomic E-state index is 0.0664. The highest BCUT2D eigenvalue weighted by atomic mass is 35.5. The fourth-order valence-electron chi connectivity index (χ4n) is 1.39. The number of benzene rings is 1. The molecule has 0 aromatic heterocycles. The van der Waals surface area contributed by atoms with Crippen molar-refractivity contribution in [2.75, 3.05) is 19.6 Å². The fraction of sp³-hybridized carbons (Fsp3) is 0.429. The smallest absolute Gasteiger partial charge is 0.138 e. The van der Waals surface area contributed by atoms with E-state index in [-0.39, 0.29) is 17.8 Å². The standard InChI is InChI=1S/C14H16ClFO2/c1-11(7-9-17-2)18-14-10-13(16)6-5-12(14)4-3-8-15/h5-6,10-11H,7-9H2,1-2H3. The number of halogens is 2. The Balaban J connectivity index is 2.81. The molecular weight excluding hydrogens is 255 g/mol. The first-order valence-electron chi connectivity index (χ1n) is 5.67. The van der Waals surface area contributed by atoms with Gasteiger partial charge >= 0.3 is 0 Å². The number of methoxy groups -OCH3 is 1. The van der Waals surface area contributed by atoms with E-state index in [0.717, 1.165) is 6.42 Å². The first-order chi connectivity index (χ1) is 8.67. The maximum atomic E-state index is 13.2. The fourth-order valence-corrected chi connectivity index (χ4v) is 1.45. The molecule has 1 unspecified atom stereocenters. The molecule has 0 bridgehead atoms. The molecule has 0 fully saturated rings. The van der Waals surface area contributed by atoms with Gasteiger partial charge in [0.2, 0.25) is 0 Å². The van der Waals surface area contributed by atoms with E-state index in [2.05, 4.69) is 11.8 Å². The van der Waals surface area contributed by atoms with Crippen molar-refractivity contribution in [3.8, 4) is 17.6 Å². The third-order valence-electron chi connectivity index (χ3n) is 2.29. The lowest BCUT2D eigenvalue weighted by molar-refractivity contribution is 0.135. The molecule has 0 aliphatic heterocycles. The topological polar surface area (TPSA) is 18.5 Å². The molecule has 18 heavy (non-hydrogen) atoms. The maximum Gasteiger partial charge on any atom is 0.138 e. The number of hydrogen-bond donors (Lipinski definition) is 0. The summed E-state index contributed by atoms with van der Waals surface area (Å²) in [5.74, 6) is 5.90. The van der Waals surface area contributed by atoms with E-state index in [1.54, 1.807) is 13.2 Å². The Kier molecular flexibility index (Phi) is 6.56. The Morgan fingerprint density at radius 2 is 2.22 bits per heavy atom. The predicted octanol–water partition coefficient (Wildman–Crippen LogP) is 3.22. The van der Waals surface area contributed by atoms with Crippen molar-refractivity contribution in [3.05, 3.63) is 29.6 Å². The van der Waals surface area contributed by atoms with Crippen molar-refractivity contribution in [3.63, 3.8) is 0 Å². The highest BCUT2D eigenvalue weighted by molar-refractivity contribution is 6.19. The van der Waals surface area contributed by atoms with Crippen molar-refractivity contribution >= 4 is 11.6 Å². The number of rotatable bonds is 5. The lowest BCUT2D eigenvalue weighted by Gasteiger charge is -2.15. The van der Waals surface area contributed by atoms with Gasteiger partial charge in [0.1, 0.15) is 11.6 Å². The third kappa shape index (κ3) is 4.95. The monoisotopic (exact) mass is 270 g/mol. The van der Waals surface area contributed by atoms with Crippen LogP contribution in [0.5, 0.6) is 5.75 Å². The van der Waals surface area contributed by atoms with E-state index in [0.29, 0.717) is 17.9 Å². The van der Waals surface area contributed by atoms with Gasteiger partial charge in [-0.05, 0) is 19.1 Å². The van der Waals surface area contributed by atoms with Crippen LogP contribution < -0.4 is 4.74 Å². The van der Waals surface area contributed by atoms with Gasteiger partial charge in [-0.2, -0.15) is 0 Å². The summed E-state index contributed by atoms with van der Waals surface area (Å²) >= 11 is 5.50. The van der Waals surface area contributed by atoms with Crippen LogP contribution in [0.1, 0.15) is 18.9 Å². The SMILES string of the molecule is COCCC(C)Oc1cc(F)ccc1C#CCCl. The molecule has 0 aliphatic carbocycles. The summed E-state index contributed by atoms with van der Waals surface area (Å²) in [4.78, 5) is 0. The molecule has 0 aliphatic rings. The average molecular weight is 271 g/mol. The van der Waals surface area contributed by atoms with E-state index >= 15 is 0 Å². The molecule has 2 nitrogen and oxygen atoms in total. The highest BCUT2D eigenvalue weighted by Gasteiger charge is 2.08. The van der Waals surface area contributed by atoms with Gasteiger partial charge in [0, 0.05) is 26.2 Å². The lowest BCUT2D eigenvalue weighted by atomic mass is 10.2. The molecular formula is C14H16ClFO2. The highest BCUT2D eigenvalue weighted by Crippen LogP contribution is 2.21. The maximum absolute atomic E-state index is 13.2. The molecule has 1 aromatic carbocycles. The van der Waals surface area contributed by atoms with E-state index in [9.17, 15) is 4.39 Å². The summed E-state index contributed by atoms with van der Waals surface area (Å²) in [5, 5.41) is 0. The van der Waals surface area contributed by atoms with Crippen LogP contribution in [0.3, 0.4) is 0 Å². The zero-order valence-electron chi connectivity index (χ0n) is 10.5. The molecule has 0 heterocycles. The summed E-state index contributed by atoms with van der Waals surface area (Å²) in [6.45, 7) is 2.50. The molecule has 0 saturated carbocycles. The Hall–Kier alpha value is -1.24. The Bertz CT molecular complexity index is 437. The Morgan fingerprint density at radius 1 is 1.44 bits per heavy atom. The van der Waals surface area contributed by atoms with Crippen molar-refractivity contribution in [1.82, 2.24) is 0 Å². The van der Waals surface area contributed by atoms with E-state index < -0.39 is 0 Å². The van der Waals surface area contributed by atoms with E-state index in [4.69, 9.17) is 21.1 Å². The largest absolute Gasteiger partial charge is 0.489 e. The summed E-state index contributed by atoms with van der Waals surface area (Å²) in [6.07, 6.45) is 0.665. The van der Waals surface area contributed by atoms with Crippen molar-refractivity contribution < 1.29 is 13.9 Å². The van der Waals surface area contributed by atoms with Crippen LogP contribution in [-0.2, 0) is 4.74 Å². The number of alkyl halides is 1. The van der Waals surface area contributed by atoms with E-state index in [1.165, 1.54) is 12.1 Å². The van der Waals surface area contributed by atoms with Crippen LogP contribution >= 0.6 is 11.6 Å². The van der Waals surface area contributed by atoms with Crippen LogP contribution in [0.2, 0.25) is 0 Å². The minimum atomic E-state index is -0.347. The number of hydrogen-bond acceptors (Lipinski definition) is 2. The molecule has 1 aromatic rings. The van der Waals surface area contributed by atoms with Crippen LogP contribution in [0.25, 0.3) is 0 Å². The summed E-state index contributed by atoms with van der Waals surface area (Å²) in [6, 6.07) is 4.28. The quantitative estimate of drug-likeness (QED) is 0.604. The van der Waals surface area contributed by atoms with Gasteiger partial charge in [-0.3, -0.25) is 0 Å². The molecule has 98 valence electrons. The van der Waals surface area contributed by atoms with Crippen LogP contribution in [0.4, 0.5) is 4.39 Å². The molecule has 0 radical (unpaired) electrons. The first-order valence-corrected chi connectivity index (χ1v) is 6.20. The first kappa shape index (κ1) is 14.8. The Labute approximate surface area is 112 Å². The van der Waals surface area contributed by atoms with Gasteiger partial charge in [-0.15, -0.1) is 11.6 Å². The van der Waals surface area contributed by atoms with E-state index in [1.807, 2.05) is 6.92 Å². The summed E-state index contributed by atoms with van der Waals surface area (Å²) in [7, 11) is 1.63. The van der Waals surface area contributed by atoms with Crippen molar-refractivity contribution in [1.29, 1.82) is 0 Å². The van der Waals surface area contributed by atoms with Gasteiger partial charge in [-0.1, -0.05) is 11.8 Å². The summed E-state index contributed by atoms with van der Waals surface area (Å²) < 4.78 is 23.8. The lowest BCUT2D eigenvalue weighted by Crippen LogP contribution is -2.15. The second-order valence-corrected chi connectivity index (χ2v) is 4.05. The predicted molar refractivity (Wildman–Crippen MR) is 70.6 cm³/mol. The second-order valence-electron chi connectivity index (χ2n) is 3.79. The molecule has 1 atom stereocenters. The zero-order chi connectivity index (χ0) is 13.4.